The van der Waals surface area contributed by atoms with Crippen molar-refractivity contribution < 1.29 is 9.90 Å². The Kier molecular flexibility index (Phi) is 4.53. The number of aliphatic hydroxyl groups is 1. The number of amides is 1. The molecule has 4 nitrogen and oxygen atoms in total. The lowest BCUT2D eigenvalue weighted by molar-refractivity contribution is -0.121. The summed E-state index contributed by atoms with van der Waals surface area (Å²) in [5.74, 6) is 0.181. The summed E-state index contributed by atoms with van der Waals surface area (Å²) in [6.07, 6.45) is 3.32. The monoisotopic (exact) mass is 258 g/mol. The maximum absolute atomic E-state index is 11.9. The smallest absolute Gasteiger partial charge is 0.224 e. The number of aliphatic hydroxyl groups excluding tert-OH is 1. The zero-order chi connectivity index (χ0) is 13.7. The number of nitrogens with zero attached hydrogens (tertiary/aromatic N) is 1. The standard InChI is InChI=1S/C15H18N2O2/c16-9-12-6-4-11(5-7-12)8-15(19)17-14-3-1-2-13(14)10-18/h4-7,13-14,18H,1-3,8,10H2,(H,17,19). The third-order valence-corrected chi connectivity index (χ3v) is 3.69. The zero-order valence-corrected chi connectivity index (χ0v) is 10.8. The third kappa shape index (κ3) is 3.55. The first-order valence-electron chi connectivity index (χ1n) is 6.62. The fourth-order valence-corrected chi connectivity index (χ4v) is 2.59. The molecule has 4 heteroatoms. The Morgan fingerprint density at radius 3 is 2.74 bits per heavy atom. The molecule has 19 heavy (non-hydrogen) atoms. The molecular formula is C15H18N2O2. The SMILES string of the molecule is N#Cc1ccc(CC(=O)NC2CCCC2CO)cc1. The van der Waals surface area contributed by atoms with Gasteiger partial charge in [0.25, 0.3) is 0 Å². The van der Waals surface area contributed by atoms with Crippen LogP contribution in [0.3, 0.4) is 0 Å². The minimum absolute atomic E-state index is 0.0185. The number of hydrogen-bond acceptors (Lipinski definition) is 3. The lowest BCUT2D eigenvalue weighted by atomic mass is 10.0. The van der Waals surface area contributed by atoms with Crippen molar-refractivity contribution in [2.45, 2.75) is 31.7 Å². The number of hydrogen-bond donors (Lipinski definition) is 2. The molecule has 100 valence electrons. The first-order valence-corrected chi connectivity index (χ1v) is 6.62. The van der Waals surface area contributed by atoms with Crippen LogP contribution >= 0.6 is 0 Å². The number of nitrogens with one attached hydrogen (secondary N) is 1. The molecule has 1 saturated carbocycles. The Balaban J connectivity index is 1.88. The number of nitriles is 1. The molecule has 1 aliphatic carbocycles. The summed E-state index contributed by atoms with van der Waals surface area (Å²) in [4.78, 5) is 11.9. The average Bonchev–Trinajstić information content (AvgIpc) is 2.86. The second-order valence-electron chi connectivity index (χ2n) is 5.03. The van der Waals surface area contributed by atoms with Crippen LogP contribution < -0.4 is 5.32 Å². The van der Waals surface area contributed by atoms with Crippen molar-refractivity contribution >= 4 is 5.91 Å². The van der Waals surface area contributed by atoms with Crippen molar-refractivity contribution in [2.75, 3.05) is 6.61 Å². The summed E-state index contributed by atoms with van der Waals surface area (Å²) in [6, 6.07) is 9.20. The Labute approximate surface area is 113 Å². The highest BCUT2D eigenvalue weighted by molar-refractivity contribution is 5.79. The normalized spacial score (nSPS) is 21.9. The van der Waals surface area contributed by atoms with Gasteiger partial charge in [-0.3, -0.25) is 4.79 Å². The summed E-state index contributed by atoms with van der Waals surface area (Å²) < 4.78 is 0. The summed E-state index contributed by atoms with van der Waals surface area (Å²) in [5, 5.41) is 20.9. The lowest BCUT2D eigenvalue weighted by Gasteiger charge is -2.19. The van der Waals surface area contributed by atoms with Crippen LogP contribution in [0.5, 0.6) is 0 Å². The highest BCUT2D eigenvalue weighted by Gasteiger charge is 2.27. The summed E-state index contributed by atoms with van der Waals surface area (Å²) in [6.45, 7) is 0.141. The van der Waals surface area contributed by atoms with Gasteiger partial charge < -0.3 is 10.4 Å². The van der Waals surface area contributed by atoms with E-state index in [1.807, 2.05) is 0 Å². The second-order valence-corrected chi connectivity index (χ2v) is 5.03. The van der Waals surface area contributed by atoms with E-state index in [1.54, 1.807) is 24.3 Å². The van der Waals surface area contributed by atoms with Gasteiger partial charge in [-0.15, -0.1) is 0 Å². The molecule has 1 aromatic carbocycles. The van der Waals surface area contributed by atoms with Gasteiger partial charge in [0.05, 0.1) is 18.1 Å². The molecule has 0 bridgehead atoms. The maximum atomic E-state index is 11.9. The molecule has 0 aliphatic heterocycles. The number of carbonyl (C=O) groups excluding carboxylic acids is 1. The van der Waals surface area contributed by atoms with E-state index < -0.39 is 0 Å². The summed E-state index contributed by atoms with van der Waals surface area (Å²) >= 11 is 0. The molecule has 0 spiro atoms. The van der Waals surface area contributed by atoms with Crippen molar-refractivity contribution in [3.8, 4) is 6.07 Å². The van der Waals surface area contributed by atoms with Crippen molar-refractivity contribution in [1.82, 2.24) is 5.32 Å². The van der Waals surface area contributed by atoms with E-state index in [1.165, 1.54) is 0 Å². The third-order valence-electron chi connectivity index (χ3n) is 3.69. The van der Waals surface area contributed by atoms with Gasteiger partial charge in [0.2, 0.25) is 5.91 Å². The fraction of sp³-hybridized carbons (Fsp3) is 0.467. The van der Waals surface area contributed by atoms with Crippen LogP contribution in [0.25, 0.3) is 0 Å². The first kappa shape index (κ1) is 13.6. The second kappa shape index (κ2) is 6.35. The molecule has 0 aromatic heterocycles. The van der Waals surface area contributed by atoms with Crippen LogP contribution in [0.15, 0.2) is 24.3 Å². The highest BCUT2D eigenvalue weighted by atomic mass is 16.3. The molecule has 2 N–H and O–H groups in total. The van der Waals surface area contributed by atoms with Gasteiger partial charge >= 0.3 is 0 Å². The highest BCUT2D eigenvalue weighted by Crippen LogP contribution is 2.25. The maximum Gasteiger partial charge on any atom is 0.224 e. The Hall–Kier alpha value is -1.86. The van der Waals surface area contributed by atoms with Crippen LogP contribution in [-0.4, -0.2) is 23.7 Å². The number of rotatable bonds is 4. The molecule has 1 fully saturated rings. The predicted octanol–water partition coefficient (Wildman–Crippen LogP) is 1.38. The number of carbonyl (C=O) groups is 1. The molecule has 0 heterocycles. The molecule has 0 radical (unpaired) electrons. The Morgan fingerprint density at radius 1 is 1.37 bits per heavy atom. The van der Waals surface area contributed by atoms with Gasteiger partial charge in [0.15, 0.2) is 0 Å². The first-order chi connectivity index (χ1) is 9.22. The van der Waals surface area contributed by atoms with Crippen LogP contribution in [0.1, 0.15) is 30.4 Å². The number of benzene rings is 1. The van der Waals surface area contributed by atoms with E-state index in [-0.39, 0.29) is 24.5 Å². The van der Waals surface area contributed by atoms with Gasteiger partial charge in [0, 0.05) is 18.6 Å². The van der Waals surface area contributed by atoms with E-state index in [0.717, 1.165) is 24.8 Å². The topological polar surface area (TPSA) is 73.1 Å². The minimum atomic E-state index is -0.0185. The molecule has 2 rings (SSSR count). The predicted molar refractivity (Wildman–Crippen MR) is 71.2 cm³/mol. The minimum Gasteiger partial charge on any atom is -0.396 e. The van der Waals surface area contributed by atoms with Crippen LogP contribution in [0, 0.1) is 17.2 Å². The van der Waals surface area contributed by atoms with E-state index in [4.69, 9.17) is 5.26 Å². The van der Waals surface area contributed by atoms with E-state index in [0.29, 0.717) is 12.0 Å². The van der Waals surface area contributed by atoms with E-state index >= 15 is 0 Å². The molecule has 1 aromatic rings. The van der Waals surface area contributed by atoms with Crippen molar-refractivity contribution in [2.24, 2.45) is 5.92 Å². The molecule has 0 saturated heterocycles. The van der Waals surface area contributed by atoms with Gasteiger partial charge in [-0.25, -0.2) is 0 Å². The largest absolute Gasteiger partial charge is 0.396 e. The molecule has 2 unspecified atom stereocenters. The molecule has 1 amide bonds. The molecule has 2 atom stereocenters. The summed E-state index contributed by atoms with van der Waals surface area (Å²) in [7, 11) is 0. The Bertz CT molecular complexity index is 476. The van der Waals surface area contributed by atoms with Crippen LogP contribution in [-0.2, 0) is 11.2 Å². The fourth-order valence-electron chi connectivity index (χ4n) is 2.59. The molecular weight excluding hydrogens is 240 g/mol. The van der Waals surface area contributed by atoms with Crippen LogP contribution in [0.2, 0.25) is 0 Å². The Morgan fingerprint density at radius 2 is 2.11 bits per heavy atom. The van der Waals surface area contributed by atoms with Gasteiger partial charge in [0.1, 0.15) is 0 Å². The van der Waals surface area contributed by atoms with E-state index in [9.17, 15) is 9.90 Å². The summed E-state index contributed by atoms with van der Waals surface area (Å²) in [5.41, 5.74) is 1.50. The van der Waals surface area contributed by atoms with Gasteiger partial charge in [-0.2, -0.15) is 5.26 Å². The van der Waals surface area contributed by atoms with E-state index in [2.05, 4.69) is 11.4 Å². The van der Waals surface area contributed by atoms with Crippen molar-refractivity contribution in [3.05, 3.63) is 35.4 Å². The lowest BCUT2D eigenvalue weighted by Crippen LogP contribution is -2.39. The van der Waals surface area contributed by atoms with Crippen molar-refractivity contribution in [3.63, 3.8) is 0 Å². The van der Waals surface area contributed by atoms with Gasteiger partial charge in [-0.05, 0) is 30.5 Å². The van der Waals surface area contributed by atoms with Crippen molar-refractivity contribution in [1.29, 1.82) is 5.26 Å². The van der Waals surface area contributed by atoms with Gasteiger partial charge in [-0.1, -0.05) is 18.6 Å². The quantitative estimate of drug-likeness (QED) is 0.857. The average molecular weight is 258 g/mol. The molecule has 1 aliphatic rings. The zero-order valence-electron chi connectivity index (χ0n) is 10.8. The van der Waals surface area contributed by atoms with Crippen LogP contribution in [0.4, 0.5) is 0 Å².